The lowest BCUT2D eigenvalue weighted by molar-refractivity contribution is -0.145. The van der Waals surface area contributed by atoms with E-state index in [2.05, 4.69) is 5.32 Å². The molecule has 104 valence electrons. The zero-order valence-corrected chi connectivity index (χ0v) is 10.5. The van der Waals surface area contributed by atoms with Crippen molar-refractivity contribution in [2.24, 2.45) is 5.92 Å². The zero-order valence-electron chi connectivity index (χ0n) is 10.5. The van der Waals surface area contributed by atoms with Crippen molar-refractivity contribution in [2.45, 2.75) is 57.4 Å². The lowest BCUT2D eigenvalue weighted by Gasteiger charge is -2.29. The molecule has 0 aromatic rings. The molecule has 1 saturated carbocycles. The van der Waals surface area contributed by atoms with Crippen molar-refractivity contribution in [3.8, 4) is 0 Å². The highest BCUT2D eigenvalue weighted by Crippen LogP contribution is 2.32. The Labute approximate surface area is 105 Å². The van der Waals surface area contributed by atoms with Crippen LogP contribution in [-0.4, -0.2) is 35.7 Å². The number of rotatable bonds is 3. The Balaban J connectivity index is 2.00. The molecule has 2 atom stereocenters. The van der Waals surface area contributed by atoms with Gasteiger partial charge in [-0.15, -0.1) is 0 Å². The van der Waals surface area contributed by atoms with Crippen LogP contribution < -0.4 is 5.32 Å². The van der Waals surface area contributed by atoms with Crippen LogP contribution in [0.5, 0.6) is 0 Å². The molecule has 0 aromatic carbocycles. The third-order valence-electron chi connectivity index (χ3n) is 3.89. The van der Waals surface area contributed by atoms with Gasteiger partial charge in [-0.25, -0.2) is 0 Å². The molecule has 1 heterocycles. The van der Waals surface area contributed by atoms with Crippen molar-refractivity contribution in [1.82, 2.24) is 10.2 Å². The summed E-state index contributed by atoms with van der Waals surface area (Å²) in [5.41, 5.74) is 0. The summed E-state index contributed by atoms with van der Waals surface area (Å²) in [5, 5.41) is 3.14. The molecule has 0 bridgehead atoms. The number of halogens is 3. The number of amides is 1. The number of nitrogens with zero attached hydrogens (tertiary/aromatic N) is 1. The van der Waals surface area contributed by atoms with Crippen LogP contribution in [0.25, 0.3) is 0 Å². The summed E-state index contributed by atoms with van der Waals surface area (Å²) in [6.45, 7) is 1.50. The van der Waals surface area contributed by atoms with Crippen molar-refractivity contribution in [1.29, 1.82) is 0 Å². The van der Waals surface area contributed by atoms with Crippen LogP contribution in [0.2, 0.25) is 0 Å². The van der Waals surface area contributed by atoms with Gasteiger partial charge in [-0.3, -0.25) is 10.1 Å². The predicted octanol–water partition coefficient (Wildman–Crippen LogP) is 2.28. The van der Waals surface area contributed by atoms with Crippen molar-refractivity contribution < 1.29 is 18.0 Å². The fourth-order valence-electron chi connectivity index (χ4n) is 2.96. The molecule has 1 aliphatic carbocycles. The van der Waals surface area contributed by atoms with Crippen molar-refractivity contribution in [3.05, 3.63) is 0 Å². The molecule has 1 saturated heterocycles. The minimum absolute atomic E-state index is 0.197. The van der Waals surface area contributed by atoms with E-state index in [4.69, 9.17) is 0 Å². The Morgan fingerprint density at radius 3 is 2.50 bits per heavy atom. The van der Waals surface area contributed by atoms with Crippen LogP contribution in [0.1, 0.15) is 39.0 Å². The number of alkyl halides is 3. The first-order valence-corrected chi connectivity index (χ1v) is 6.52. The Morgan fingerprint density at radius 1 is 1.33 bits per heavy atom. The highest BCUT2D eigenvalue weighted by atomic mass is 19.4. The van der Waals surface area contributed by atoms with Gasteiger partial charge in [0.15, 0.2) is 0 Å². The smallest absolute Gasteiger partial charge is 0.325 e. The van der Waals surface area contributed by atoms with E-state index in [1.807, 2.05) is 0 Å². The van der Waals surface area contributed by atoms with Gasteiger partial charge >= 0.3 is 6.18 Å². The van der Waals surface area contributed by atoms with Gasteiger partial charge in [-0.2, -0.15) is 13.2 Å². The molecule has 0 spiro atoms. The van der Waals surface area contributed by atoms with Crippen molar-refractivity contribution in [2.75, 3.05) is 6.54 Å². The third kappa shape index (κ3) is 2.96. The molecule has 2 aliphatic rings. The zero-order chi connectivity index (χ0) is 13.3. The van der Waals surface area contributed by atoms with Crippen LogP contribution in [0.4, 0.5) is 13.2 Å². The molecule has 2 rings (SSSR count). The van der Waals surface area contributed by atoms with Gasteiger partial charge in [0, 0.05) is 6.54 Å². The topological polar surface area (TPSA) is 32.3 Å². The van der Waals surface area contributed by atoms with Crippen LogP contribution in [-0.2, 0) is 4.79 Å². The maximum Gasteiger partial charge on any atom is 0.390 e. The number of nitrogens with one attached hydrogen (secondary N) is 1. The van der Waals surface area contributed by atoms with Gasteiger partial charge in [0.2, 0.25) is 5.91 Å². The summed E-state index contributed by atoms with van der Waals surface area (Å²) in [4.78, 5) is 13.3. The average Bonchev–Trinajstić information content (AvgIpc) is 2.85. The van der Waals surface area contributed by atoms with Gasteiger partial charge < -0.3 is 4.90 Å². The molecule has 2 fully saturated rings. The quantitative estimate of drug-likeness (QED) is 0.848. The minimum atomic E-state index is -4.20. The summed E-state index contributed by atoms with van der Waals surface area (Å²) in [6.07, 6.45) is -1.10. The summed E-state index contributed by atoms with van der Waals surface area (Å²) in [7, 11) is 0. The maximum atomic E-state index is 12.3. The van der Waals surface area contributed by atoms with Gasteiger partial charge in [-0.05, 0) is 25.7 Å². The number of carbonyl (C=O) groups excluding carboxylic acids is 1. The molecule has 2 unspecified atom stereocenters. The molecule has 0 radical (unpaired) electrons. The summed E-state index contributed by atoms with van der Waals surface area (Å²) < 4.78 is 36.8. The summed E-state index contributed by atoms with van der Waals surface area (Å²) in [6, 6.07) is -0.358. The Kier molecular flexibility index (Phi) is 3.84. The molecular weight excluding hydrogens is 245 g/mol. The Morgan fingerprint density at radius 2 is 1.94 bits per heavy atom. The lowest BCUT2D eigenvalue weighted by atomic mass is 10.0. The molecule has 18 heavy (non-hydrogen) atoms. The number of hydrogen-bond donors (Lipinski definition) is 1. The highest BCUT2D eigenvalue weighted by molar-refractivity contribution is 5.83. The number of hydrogen-bond acceptors (Lipinski definition) is 2. The molecule has 1 amide bonds. The molecule has 3 nitrogen and oxygen atoms in total. The monoisotopic (exact) mass is 264 g/mol. The molecule has 1 N–H and O–H groups in total. The van der Waals surface area contributed by atoms with Gasteiger partial charge in [-0.1, -0.05) is 12.8 Å². The average molecular weight is 264 g/mol. The second-order valence-electron chi connectivity index (χ2n) is 5.27. The molecule has 1 aliphatic heterocycles. The highest BCUT2D eigenvalue weighted by Gasteiger charge is 2.42. The Hall–Kier alpha value is -0.780. The van der Waals surface area contributed by atoms with Crippen LogP contribution >= 0.6 is 0 Å². The van der Waals surface area contributed by atoms with E-state index < -0.39 is 12.6 Å². The van der Waals surface area contributed by atoms with E-state index in [9.17, 15) is 18.0 Å². The van der Waals surface area contributed by atoms with Gasteiger partial charge in [0.25, 0.3) is 0 Å². The lowest BCUT2D eigenvalue weighted by Crippen LogP contribution is -2.43. The first-order valence-electron chi connectivity index (χ1n) is 6.52. The van der Waals surface area contributed by atoms with E-state index >= 15 is 0 Å². The largest absolute Gasteiger partial charge is 0.390 e. The molecular formula is C12H19F3N2O. The maximum absolute atomic E-state index is 12.3. The minimum Gasteiger partial charge on any atom is -0.325 e. The van der Waals surface area contributed by atoms with Gasteiger partial charge in [0.1, 0.15) is 0 Å². The second kappa shape index (κ2) is 5.07. The van der Waals surface area contributed by atoms with Crippen molar-refractivity contribution in [3.63, 3.8) is 0 Å². The van der Waals surface area contributed by atoms with Crippen LogP contribution in [0.15, 0.2) is 0 Å². The summed E-state index contributed by atoms with van der Waals surface area (Å²) >= 11 is 0. The molecule has 6 heteroatoms. The van der Waals surface area contributed by atoms with E-state index in [0.717, 1.165) is 25.7 Å². The summed E-state index contributed by atoms with van der Waals surface area (Å²) in [5.74, 6) is 0.114. The molecule has 0 aromatic heterocycles. The van der Waals surface area contributed by atoms with E-state index in [1.54, 1.807) is 6.92 Å². The van der Waals surface area contributed by atoms with Gasteiger partial charge in [0.05, 0.1) is 18.6 Å². The fraction of sp³-hybridized carbons (Fsp3) is 0.917. The predicted molar refractivity (Wildman–Crippen MR) is 60.7 cm³/mol. The van der Waals surface area contributed by atoms with E-state index in [1.165, 1.54) is 4.90 Å². The Bertz CT molecular complexity index is 313. The fourth-order valence-corrected chi connectivity index (χ4v) is 2.96. The van der Waals surface area contributed by atoms with E-state index in [-0.39, 0.29) is 24.7 Å². The second-order valence-corrected chi connectivity index (χ2v) is 5.27. The first kappa shape index (κ1) is 13.6. The van der Waals surface area contributed by atoms with Crippen molar-refractivity contribution >= 4 is 5.91 Å². The SMILES string of the molecule is CC1NC(C2CCCC2)N(CCC(F)(F)F)C1=O. The van der Waals surface area contributed by atoms with E-state index in [0.29, 0.717) is 5.92 Å². The standard InChI is InChI=1S/C12H19F3N2O/c1-8-11(18)17(7-6-12(13,14)15)10(16-8)9-4-2-3-5-9/h8-10,16H,2-7H2,1H3. The van der Waals surface area contributed by atoms with Crippen LogP contribution in [0, 0.1) is 5.92 Å². The first-order chi connectivity index (χ1) is 8.38. The van der Waals surface area contributed by atoms with Crippen LogP contribution in [0.3, 0.4) is 0 Å². The third-order valence-corrected chi connectivity index (χ3v) is 3.89. The number of carbonyl (C=O) groups is 1. The normalized spacial score (nSPS) is 30.4.